The maximum absolute atomic E-state index is 5.74. The lowest BCUT2D eigenvalue weighted by Gasteiger charge is -2.06. The molecule has 0 saturated heterocycles. The highest BCUT2D eigenvalue weighted by Crippen LogP contribution is 2.25. The third-order valence-corrected chi connectivity index (χ3v) is 2.76. The van der Waals surface area contributed by atoms with Gasteiger partial charge in [-0.15, -0.1) is 0 Å². The molecule has 2 heteroatoms. The zero-order valence-electron chi connectivity index (χ0n) is 9.84. The summed E-state index contributed by atoms with van der Waals surface area (Å²) in [6.45, 7) is 0. The van der Waals surface area contributed by atoms with Crippen LogP contribution < -0.4 is 4.74 Å². The zero-order valence-corrected chi connectivity index (χ0v) is 9.84. The predicted octanol–water partition coefficient (Wildman–Crippen LogP) is 4.47. The van der Waals surface area contributed by atoms with Crippen molar-refractivity contribution in [2.75, 3.05) is 0 Å². The van der Waals surface area contributed by atoms with Gasteiger partial charge in [-0.25, -0.2) is 0 Å². The molecule has 0 aliphatic heterocycles. The van der Waals surface area contributed by atoms with Crippen molar-refractivity contribution in [3.8, 4) is 22.6 Å². The van der Waals surface area contributed by atoms with Crippen LogP contribution in [0.4, 0.5) is 0 Å². The van der Waals surface area contributed by atoms with Gasteiger partial charge in [0.05, 0.1) is 0 Å². The van der Waals surface area contributed by atoms with Crippen LogP contribution in [-0.4, -0.2) is 4.98 Å². The van der Waals surface area contributed by atoms with E-state index < -0.39 is 0 Å². The van der Waals surface area contributed by atoms with Gasteiger partial charge in [-0.05, 0) is 41.5 Å². The molecular formula is C16H13NO. The summed E-state index contributed by atoms with van der Waals surface area (Å²) in [4.78, 5) is 3.05. The standard InChI is InChI=1S/C16H13NO/c1-2-4-15(5-3-1)18-16-8-6-13(7-9-16)14-10-11-17-12-14/h1-12,17H. The van der Waals surface area contributed by atoms with Crippen LogP contribution in [0.2, 0.25) is 0 Å². The van der Waals surface area contributed by atoms with Gasteiger partial charge in [0.1, 0.15) is 11.5 Å². The van der Waals surface area contributed by atoms with Gasteiger partial charge in [0.2, 0.25) is 0 Å². The van der Waals surface area contributed by atoms with Crippen LogP contribution >= 0.6 is 0 Å². The number of aromatic amines is 1. The Kier molecular flexibility index (Phi) is 2.84. The molecule has 3 rings (SSSR count). The summed E-state index contributed by atoms with van der Waals surface area (Å²) >= 11 is 0. The van der Waals surface area contributed by atoms with Gasteiger partial charge >= 0.3 is 0 Å². The van der Waals surface area contributed by atoms with E-state index in [1.54, 1.807) is 0 Å². The molecule has 0 radical (unpaired) electrons. The fraction of sp³-hybridized carbons (Fsp3) is 0. The molecule has 0 unspecified atom stereocenters. The van der Waals surface area contributed by atoms with Gasteiger partial charge < -0.3 is 9.72 Å². The van der Waals surface area contributed by atoms with Gasteiger partial charge in [-0.3, -0.25) is 0 Å². The van der Waals surface area contributed by atoms with E-state index in [4.69, 9.17) is 4.74 Å². The molecule has 3 aromatic rings. The van der Waals surface area contributed by atoms with Crippen LogP contribution in [0.3, 0.4) is 0 Å². The van der Waals surface area contributed by atoms with Crippen molar-refractivity contribution in [3.05, 3.63) is 73.1 Å². The Morgan fingerprint density at radius 3 is 2.06 bits per heavy atom. The van der Waals surface area contributed by atoms with Crippen molar-refractivity contribution in [1.82, 2.24) is 4.98 Å². The van der Waals surface area contributed by atoms with Crippen LogP contribution in [0.1, 0.15) is 0 Å². The van der Waals surface area contributed by atoms with Gasteiger partial charge in [-0.2, -0.15) is 0 Å². The van der Waals surface area contributed by atoms with Crippen LogP contribution in [0.5, 0.6) is 11.5 Å². The highest BCUT2D eigenvalue weighted by molar-refractivity contribution is 5.63. The minimum absolute atomic E-state index is 0.848. The molecule has 88 valence electrons. The Balaban J connectivity index is 1.80. The molecule has 0 saturated carbocycles. The third-order valence-electron chi connectivity index (χ3n) is 2.76. The molecule has 1 heterocycles. The summed E-state index contributed by atoms with van der Waals surface area (Å²) in [5.41, 5.74) is 2.36. The minimum Gasteiger partial charge on any atom is -0.457 e. The third kappa shape index (κ3) is 2.28. The molecule has 0 bridgehead atoms. The maximum Gasteiger partial charge on any atom is 0.127 e. The molecule has 18 heavy (non-hydrogen) atoms. The average Bonchev–Trinajstić information content (AvgIpc) is 2.95. The first-order chi connectivity index (χ1) is 8.92. The van der Waals surface area contributed by atoms with E-state index >= 15 is 0 Å². The molecule has 2 nitrogen and oxygen atoms in total. The normalized spacial score (nSPS) is 10.2. The van der Waals surface area contributed by atoms with Crippen molar-refractivity contribution in [3.63, 3.8) is 0 Å². The van der Waals surface area contributed by atoms with Crippen molar-refractivity contribution >= 4 is 0 Å². The molecule has 0 fully saturated rings. The summed E-state index contributed by atoms with van der Waals surface area (Å²) < 4.78 is 5.74. The van der Waals surface area contributed by atoms with E-state index in [1.165, 1.54) is 11.1 Å². The number of aromatic nitrogens is 1. The molecule has 0 spiro atoms. The van der Waals surface area contributed by atoms with Crippen LogP contribution in [0.25, 0.3) is 11.1 Å². The number of nitrogens with one attached hydrogen (secondary N) is 1. The second-order valence-corrected chi connectivity index (χ2v) is 4.04. The summed E-state index contributed by atoms with van der Waals surface area (Å²) in [5.74, 6) is 1.70. The molecule has 1 aromatic heterocycles. The fourth-order valence-electron chi connectivity index (χ4n) is 1.84. The summed E-state index contributed by atoms with van der Waals surface area (Å²) in [5, 5.41) is 0. The number of benzene rings is 2. The molecule has 0 atom stereocenters. The molecule has 0 amide bonds. The van der Waals surface area contributed by atoms with Gasteiger partial charge in [-0.1, -0.05) is 30.3 Å². The van der Waals surface area contributed by atoms with Crippen molar-refractivity contribution < 1.29 is 4.74 Å². The Morgan fingerprint density at radius 1 is 0.667 bits per heavy atom. The molecule has 1 N–H and O–H groups in total. The number of para-hydroxylation sites is 1. The smallest absolute Gasteiger partial charge is 0.127 e. The first-order valence-corrected chi connectivity index (χ1v) is 5.88. The highest BCUT2D eigenvalue weighted by Gasteiger charge is 1.99. The first-order valence-electron chi connectivity index (χ1n) is 5.88. The largest absolute Gasteiger partial charge is 0.457 e. The van der Waals surface area contributed by atoms with Crippen molar-refractivity contribution in [2.24, 2.45) is 0 Å². The lowest BCUT2D eigenvalue weighted by Crippen LogP contribution is -1.83. The zero-order chi connectivity index (χ0) is 12.2. The second-order valence-electron chi connectivity index (χ2n) is 4.04. The van der Waals surface area contributed by atoms with E-state index in [1.807, 2.05) is 60.9 Å². The maximum atomic E-state index is 5.74. The topological polar surface area (TPSA) is 25.0 Å². The lowest BCUT2D eigenvalue weighted by molar-refractivity contribution is 0.483. The molecular weight excluding hydrogens is 222 g/mol. The predicted molar refractivity (Wildman–Crippen MR) is 72.7 cm³/mol. The van der Waals surface area contributed by atoms with E-state index in [0.29, 0.717) is 0 Å². The first kappa shape index (κ1) is 10.7. The summed E-state index contributed by atoms with van der Waals surface area (Å²) in [6.07, 6.45) is 3.90. The minimum atomic E-state index is 0.848. The van der Waals surface area contributed by atoms with Crippen LogP contribution in [-0.2, 0) is 0 Å². The fourth-order valence-corrected chi connectivity index (χ4v) is 1.84. The Hall–Kier alpha value is -2.48. The average molecular weight is 235 g/mol. The number of H-pyrrole nitrogens is 1. The van der Waals surface area contributed by atoms with E-state index in [2.05, 4.69) is 17.1 Å². The number of ether oxygens (including phenoxy) is 1. The quantitative estimate of drug-likeness (QED) is 0.711. The van der Waals surface area contributed by atoms with Crippen molar-refractivity contribution in [1.29, 1.82) is 0 Å². The van der Waals surface area contributed by atoms with E-state index in [9.17, 15) is 0 Å². The van der Waals surface area contributed by atoms with E-state index in [-0.39, 0.29) is 0 Å². The van der Waals surface area contributed by atoms with Crippen LogP contribution in [0.15, 0.2) is 73.1 Å². The summed E-state index contributed by atoms with van der Waals surface area (Å²) in [7, 11) is 0. The molecule has 0 aliphatic carbocycles. The Morgan fingerprint density at radius 2 is 1.39 bits per heavy atom. The number of hydrogen-bond donors (Lipinski definition) is 1. The van der Waals surface area contributed by atoms with Gasteiger partial charge in [0.15, 0.2) is 0 Å². The highest BCUT2D eigenvalue weighted by atomic mass is 16.5. The Labute approximate surface area is 106 Å². The van der Waals surface area contributed by atoms with Crippen LogP contribution in [0, 0.1) is 0 Å². The Bertz CT molecular complexity index is 597. The van der Waals surface area contributed by atoms with Crippen molar-refractivity contribution in [2.45, 2.75) is 0 Å². The molecule has 2 aromatic carbocycles. The number of rotatable bonds is 3. The van der Waals surface area contributed by atoms with Gasteiger partial charge in [0.25, 0.3) is 0 Å². The SMILES string of the molecule is c1ccc(Oc2ccc(-c3cc[nH]c3)cc2)cc1. The molecule has 0 aliphatic rings. The summed E-state index contributed by atoms with van der Waals surface area (Å²) in [6, 6.07) is 19.9. The number of hydrogen-bond acceptors (Lipinski definition) is 1. The lowest BCUT2D eigenvalue weighted by atomic mass is 10.1. The van der Waals surface area contributed by atoms with E-state index in [0.717, 1.165) is 11.5 Å². The second kappa shape index (κ2) is 4.80. The van der Waals surface area contributed by atoms with Gasteiger partial charge in [0, 0.05) is 12.4 Å². The monoisotopic (exact) mass is 235 g/mol.